The monoisotopic (exact) mass is 484 g/mol. The van der Waals surface area contributed by atoms with Crippen LogP contribution in [0.4, 0.5) is 5.69 Å². The first kappa shape index (κ1) is 22.0. The van der Waals surface area contributed by atoms with Gasteiger partial charge in [-0.3, -0.25) is 9.59 Å². The minimum absolute atomic E-state index is 0.000464. The average Bonchev–Trinajstić information content (AvgIpc) is 3.10. The smallest absolute Gasteiger partial charge is 0.232 e. The molecular formula is C22H21BrN4O2S. The van der Waals surface area contributed by atoms with Crippen LogP contribution < -0.4 is 5.32 Å². The summed E-state index contributed by atoms with van der Waals surface area (Å²) < 4.78 is 2.73. The van der Waals surface area contributed by atoms with Crippen LogP contribution in [0.3, 0.4) is 0 Å². The summed E-state index contributed by atoms with van der Waals surface area (Å²) >= 11 is 4.66. The fourth-order valence-electron chi connectivity index (χ4n) is 2.77. The first-order valence-electron chi connectivity index (χ1n) is 9.28. The van der Waals surface area contributed by atoms with Crippen molar-refractivity contribution in [3.8, 4) is 0 Å². The molecule has 0 aliphatic rings. The molecule has 3 aromatic rings. The van der Waals surface area contributed by atoms with Gasteiger partial charge >= 0.3 is 0 Å². The summed E-state index contributed by atoms with van der Waals surface area (Å²) in [7, 11) is 0. The molecule has 0 atom stereocenters. The largest absolute Gasteiger partial charge is 0.325 e. The molecule has 1 amide bonds. The molecule has 6 nitrogen and oxygen atoms in total. The summed E-state index contributed by atoms with van der Waals surface area (Å²) in [4.78, 5) is 24.9. The number of allylic oxidation sites excluding steroid dienone is 1. The molecule has 154 valence electrons. The van der Waals surface area contributed by atoms with Crippen molar-refractivity contribution in [3.63, 3.8) is 0 Å². The van der Waals surface area contributed by atoms with Crippen molar-refractivity contribution in [2.45, 2.75) is 25.0 Å². The van der Waals surface area contributed by atoms with Crippen LogP contribution >= 0.6 is 27.7 Å². The van der Waals surface area contributed by atoms with E-state index in [4.69, 9.17) is 0 Å². The van der Waals surface area contributed by atoms with Crippen molar-refractivity contribution in [3.05, 3.63) is 82.6 Å². The molecule has 8 heteroatoms. The Morgan fingerprint density at radius 1 is 1.17 bits per heavy atom. The topological polar surface area (TPSA) is 76.9 Å². The lowest BCUT2D eigenvalue weighted by atomic mass is 10.2. The van der Waals surface area contributed by atoms with Gasteiger partial charge < -0.3 is 9.88 Å². The Bertz CT molecular complexity index is 1060. The molecule has 1 heterocycles. The number of nitrogens with zero attached hydrogens (tertiary/aromatic N) is 3. The van der Waals surface area contributed by atoms with E-state index in [1.54, 1.807) is 18.2 Å². The quantitative estimate of drug-likeness (QED) is 0.270. The third kappa shape index (κ3) is 5.67. The number of rotatable bonds is 9. The van der Waals surface area contributed by atoms with Crippen molar-refractivity contribution in [1.29, 1.82) is 0 Å². The molecular weight excluding hydrogens is 464 g/mol. The predicted octanol–water partition coefficient (Wildman–Crippen LogP) is 4.69. The molecule has 0 unspecified atom stereocenters. The molecule has 0 spiro atoms. The zero-order chi connectivity index (χ0) is 21.5. The zero-order valence-corrected chi connectivity index (χ0v) is 18.9. The van der Waals surface area contributed by atoms with Crippen molar-refractivity contribution >= 4 is 45.1 Å². The van der Waals surface area contributed by atoms with E-state index in [1.807, 2.05) is 47.9 Å². The van der Waals surface area contributed by atoms with Crippen LogP contribution in [0.2, 0.25) is 0 Å². The Balaban J connectivity index is 1.67. The van der Waals surface area contributed by atoms with Crippen molar-refractivity contribution in [2.24, 2.45) is 0 Å². The fourth-order valence-corrected chi connectivity index (χ4v) is 3.89. The molecule has 0 saturated carbocycles. The van der Waals surface area contributed by atoms with E-state index in [0.29, 0.717) is 23.1 Å². The van der Waals surface area contributed by atoms with Crippen LogP contribution in [0, 0.1) is 6.92 Å². The maximum absolute atomic E-state index is 12.5. The van der Waals surface area contributed by atoms with Crippen LogP contribution in [0.1, 0.15) is 21.7 Å². The Hall–Kier alpha value is -2.71. The zero-order valence-electron chi connectivity index (χ0n) is 16.5. The van der Waals surface area contributed by atoms with Gasteiger partial charge in [-0.05, 0) is 30.7 Å². The number of anilines is 1. The highest BCUT2D eigenvalue weighted by atomic mass is 79.9. The number of aromatic nitrogens is 3. The molecule has 0 aliphatic heterocycles. The Morgan fingerprint density at radius 3 is 2.60 bits per heavy atom. The summed E-state index contributed by atoms with van der Waals surface area (Å²) in [6.45, 7) is 6.16. The van der Waals surface area contributed by atoms with Gasteiger partial charge in [0.05, 0.1) is 12.2 Å². The predicted molar refractivity (Wildman–Crippen MR) is 123 cm³/mol. The van der Waals surface area contributed by atoms with Gasteiger partial charge in [0.15, 0.2) is 10.9 Å². The van der Waals surface area contributed by atoms with Crippen LogP contribution in [0.5, 0.6) is 0 Å². The molecule has 30 heavy (non-hydrogen) atoms. The SMILES string of the molecule is C=CCn1c(CC(=O)Nc2ccccc2C)nnc1SCC(=O)c1ccc(Br)cc1. The molecule has 0 aliphatic carbocycles. The van der Waals surface area contributed by atoms with E-state index in [0.717, 1.165) is 15.7 Å². The first-order valence-corrected chi connectivity index (χ1v) is 11.1. The number of thioether (sulfide) groups is 1. The van der Waals surface area contributed by atoms with E-state index >= 15 is 0 Å². The number of carbonyl (C=O) groups excluding carboxylic acids is 2. The van der Waals surface area contributed by atoms with E-state index < -0.39 is 0 Å². The highest BCUT2D eigenvalue weighted by Crippen LogP contribution is 2.20. The maximum atomic E-state index is 12.5. The van der Waals surface area contributed by atoms with Crippen LogP contribution in [-0.4, -0.2) is 32.2 Å². The molecule has 1 aromatic heterocycles. The number of benzene rings is 2. The second kappa shape index (κ2) is 10.4. The lowest BCUT2D eigenvalue weighted by Crippen LogP contribution is -2.18. The second-order valence-corrected chi connectivity index (χ2v) is 8.41. The van der Waals surface area contributed by atoms with E-state index in [1.165, 1.54) is 11.8 Å². The average molecular weight is 485 g/mol. The minimum atomic E-state index is -0.176. The number of amides is 1. The Kier molecular flexibility index (Phi) is 7.59. The summed E-state index contributed by atoms with van der Waals surface area (Å²) in [6, 6.07) is 14.8. The lowest BCUT2D eigenvalue weighted by Gasteiger charge is -2.09. The highest BCUT2D eigenvalue weighted by molar-refractivity contribution is 9.10. The van der Waals surface area contributed by atoms with Crippen LogP contribution in [0.25, 0.3) is 0 Å². The van der Waals surface area contributed by atoms with Gasteiger partial charge in [0.25, 0.3) is 0 Å². The standard InChI is InChI=1S/C22H21BrN4O2S/c1-3-12-27-20(13-21(29)24-18-7-5-4-6-15(18)2)25-26-22(27)30-14-19(28)16-8-10-17(23)11-9-16/h3-11H,1,12-14H2,2H3,(H,24,29). The number of hydrogen-bond acceptors (Lipinski definition) is 5. The van der Waals surface area contributed by atoms with Crippen LogP contribution in [-0.2, 0) is 17.8 Å². The van der Waals surface area contributed by atoms with E-state index in [-0.39, 0.29) is 23.9 Å². The first-order chi connectivity index (χ1) is 14.5. The maximum Gasteiger partial charge on any atom is 0.232 e. The molecule has 3 rings (SSSR count). The van der Waals surface area contributed by atoms with E-state index in [2.05, 4.69) is 38.0 Å². The van der Waals surface area contributed by atoms with Gasteiger partial charge in [-0.1, -0.05) is 64.1 Å². The number of Topliss-reactive ketones (excluding diaryl/α,β-unsaturated/α-hetero) is 1. The van der Waals surface area contributed by atoms with Crippen LogP contribution in [0.15, 0.2) is 70.8 Å². The Labute approximate surface area is 187 Å². The Morgan fingerprint density at radius 2 is 1.90 bits per heavy atom. The lowest BCUT2D eigenvalue weighted by molar-refractivity contribution is -0.115. The molecule has 2 aromatic carbocycles. The number of carbonyl (C=O) groups is 2. The number of halogens is 1. The number of hydrogen-bond donors (Lipinski definition) is 1. The number of nitrogens with one attached hydrogen (secondary N) is 1. The van der Waals surface area contributed by atoms with Crippen molar-refractivity contribution < 1.29 is 9.59 Å². The van der Waals surface area contributed by atoms with Crippen molar-refractivity contribution in [2.75, 3.05) is 11.1 Å². The number of ketones is 1. The van der Waals surface area contributed by atoms with Gasteiger partial charge in [0.1, 0.15) is 5.82 Å². The molecule has 0 fully saturated rings. The van der Waals surface area contributed by atoms with Gasteiger partial charge in [0.2, 0.25) is 5.91 Å². The molecule has 0 radical (unpaired) electrons. The van der Waals surface area contributed by atoms with Gasteiger partial charge in [-0.2, -0.15) is 0 Å². The normalized spacial score (nSPS) is 10.6. The molecule has 0 bridgehead atoms. The third-order valence-corrected chi connectivity index (χ3v) is 5.84. The summed E-state index contributed by atoms with van der Waals surface area (Å²) in [5.41, 5.74) is 2.39. The minimum Gasteiger partial charge on any atom is -0.325 e. The summed E-state index contributed by atoms with van der Waals surface area (Å²) in [6.07, 6.45) is 1.79. The van der Waals surface area contributed by atoms with Gasteiger partial charge in [0, 0.05) is 22.3 Å². The van der Waals surface area contributed by atoms with Crippen molar-refractivity contribution in [1.82, 2.24) is 14.8 Å². The van der Waals surface area contributed by atoms with E-state index in [9.17, 15) is 9.59 Å². The summed E-state index contributed by atoms with van der Waals surface area (Å²) in [5.74, 6) is 0.579. The molecule has 0 saturated heterocycles. The second-order valence-electron chi connectivity index (χ2n) is 6.56. The fraction of sp³-hybridized carbons (Fsp3) is 0.182. The third-order valence-electron chi connectivity index (χ3n) is 4.34. The van der Waals surface area contributed by atoms with Gasteiger partial charge in [-0.15, -0.1) is 16.8 Å². The number of aryl methyl sites for hydroxylation is 1. The number of para-hydroxylation sites is 1. The highest BCUT2D eigenvalue weighted by Gasteiger charge is 2.17. The molecule has 1 N–H and O–H groups in total. The van der Waals surface area contributed by atoms with Gasteiger partial charge in [-0.25, -0.2) is 0 Å². The summed E-state index contributed by atoms with van der Waals surface area (Å²) in [5, 5.41) is 11.8.